The summed E-state index contributed by atoms with van der Waals surface area (Å²) < 4.78 is 14.7. The van der Waals surface area contributed by atoms with Gasteiger partial charge in [-0.05, 0) is 12.5 Å². The Bertz CT molecular complexity index is 492. The van der Waals surface area contributed by atoms with Gasteiger partial charge < -0.3 is 10.7 Å². The zero-order chi connectivity index (χ0) is 14.0. The molecule has 0 radical (unpaired) electrons. The van der Waals surface area contributed by atoms with Crippen LogP contribution in [0.3, 0.4) is 0 Å². The smallest absolute Gasteiger partial charge is 0.255 e. The number of hydrogen-bond donors (Lipinski definition) is 1. The van der Waals surface area contributed by atoms with E-state index in [2.05, 4.69) is 0 Å². The molecule has 0 spiro atoms. The topological polar surface area (TPSA) is 71.6 Å². The van der Waals surface area contributed by atoms with Crippen molar-refractivity contribution < 1.29 is 9.00 Å². The summed E-state index contributed by atoms with van der Waals surface area (Å²) >= 11 is 0. The molecular formula is C12H20N4O2S. The van der Waals surface area contributed by atoms with E-state index in [0.717, 1.165) is 12.1 Å². The molecule has 0 saturated carbocycles. The first-order valence-corrected chi connectivity index (χ1v) is 7.88. The van der Waals surface area contributed by atoms with Crippen LogP contribution >= 0.6 is 0 Å². The van der Waals surface area contributed by atoms with Crippen molar-refractivity contribution in [3.05, 3.63) is 23.5 Å². The van der Waals surface area contributed by atoms with E-state index in [9.17, 15) is 9.00 Å². The number of nitrogens with two attached hydrogens (primary N) is 1. The summed E-state index contributed by atoms with van der Waals surface area (Å²) in [5.41, 5.74) is 1.57. The van der Waals surface area contributed by atoms with Crippen molar-refractivity contribution in [1.82, 2.24) is 13.9 Å². The zero-order valence-corrected chi connectivity index (χ0v) is 12.2. The van der Waals surface area contributed by atoms with Crippen molar-refractivity contribution in [2.24, 2.45) is 0 Å². The summed E-state index contributed by atoms with van der Waals surface area (Å²) in [6.45, 7) is 4.52. The number of aromatic nitrogens is 1. The first kappa shape index (κ1) is 14.1. The molecule has 2 N–H and O–H groups in total. The van der Waals surface area contributed by atoms with Crippen LogP contribution in [0.15, 0.2) is 12.3 Å². The van der Waals surface area contributed by atoms with Gasteiger partial charge in [0.15, 0.2) is 0 Å². The van der Waals surface area contributed by atoms with Crippen LogP contribution in [-0.4, -0.2) is 56.4 Å². The van der Waals surface area contributed by atoms with Gasteiger partial charge in [0.25, 0.3) is 5.91 Å². The van der Waals surface area contributed by atoms with Crippen molar-refractivity contribution >= 4 is 16.9 Å². The Morgan fingerprint density at radius 1 is 1.37 bits per heavy atom. The van der Waals surface area contributed by atoms with Crippen molar-refractivity contribution in [3.8, 4) is 0 Å². The van der Waals surface area contributed by atoms with Crippen LogP contribution in [0.5, 0.6) is 0 Å². The first-order valence-electron chi connectivity index (χ1n) is 6.37. The third-order valence-corrected chi connectivity index (χ3v) is 4.52. The lowest BCUT2D eigenvalue weighted by Gasteiger charge is -2.32. The van der Waals surface area contributed by atoms with Gasteiger partial charge in [-0.15, -0.1) is 0 Å². The number of piperazine rings is 1. The summed E-state index contributed by atoms with van der Waals surface area (Å²) in [4.78, 5) is 14.1. The maximum absolute atomic E-state index is 12.3. The largest absolute Gasteiger partial charge is 0.339 e. The summed E-state index contributed by atoms with van der Waals surface area (Å²) in [5, 5.41) is 0. The lowest BCUT2D eigenvalue weighted by atomic mass is 10.2. The van der Waals surface area contributed by atoms with Gasteiger partial charge in [0.05, 0.1) is 16.5 Å². The summed E-state index contributed by atoms with van der Waals surface area (Å²) in [6.07, 6.45) is 4.14. The molecule has 7 heteroatoms. The number of amides is 1. The monoisotopic (exact) mass is 284 g/mol. The number of carbonyl (C=O) groups excluding carboxylic acids is 1. The van der Waals surface area contributed by atoms with Gasteiger partial charge in [0.2, 0.25) is 0 Å². The molecule has 0 bridgehead atoms. The number of nitrogen functional groups attached to an aromatic ring is 1. The van der Waals surface area contributed by atoms with E-state index in [-0.39, 0.29) is 5.91 Å². The van der Waals surface area contributed by atoms with Crippen LogP contribution in [0.25, 0.3) is 0 Å². The molecule has 0 aromatic carbocycles. The molecule has 1 aromatic heterocycles. The fourth-order valence-electron chi connectivity index (χ4n) is 2.26. The molecule has 1 aliphatic heterocycles. The lowest BCUT2D eigenvalue weighted by Crippen LogP contribution is -2.48. The maximum Gasteiger partial charge on any atom is 0.255 e. The van der Waals surface area contributed by atoms with Crippen molar-refractivity contribution in [1.29, 1.82) is 0 Å². The van der Waals surface area contributed by atoms with E-state index in [1.54, 1.807) is 17.4 Å². The summed E-state index contributed by atoms with van der Waals surface area (Å²) in [6, 6.07) is 1.84. The van der Waals surface area contributed by atoms with Crippen LogP contribution < -0.4 is 5.84 Å². The van der Waals surface area contributed by atoms with E-state index < -0.39 is 11.0 Å². The zero-order valence-electron chi connectivity index (χ0n) is 11.3. The summed E-state index contributed by atoms with van der Waals surface area (Å²) in [7, 11) is -0.954. The number of rotatable bonds is 3. The van der Waals surface area contributed by atoms with Gasteiger partial charge in [-0.2, -0.15) is 0 Å². The fourth-order valence-corrected chi connectivity index (χ4v) is 2.93. The highest BCUT2D eigenvalue weighted by atomic mass is 32.2. The van der Waals surface area contributed by atoms with Gasteiger partial charge in [-0.3, -0.25) is 9.47 Å². The van der Waals surface area contributed by atoms with Crippen molar-refractivity contribution in [2.45, 2.75) is 13.3 Å². The molecule has 106 valence electrons. The second-order valence-electron chi connectivity index (χ2n) is 4.63. The molecule has 1 amide bonds. The average Bonchev–Trinajstić information content (AvgIpc) is 2.79. The minimum absolute atomic E-state index is 0.000403. The third-order valence-electron chi connectivity index (χ3n) is 3.43. The Balaban J connectivity index is 2.03. The molecule has 1 saturated heterocycles. The molecular weight excluding hydrogens is 264 g/mol. The number of carbonyl (C=O) groups is 1. The molecule has 6 nitrogen and oxygen atoms in total. The number of hydrogen-bond acceptors (Lipinski definition) is 3. The minimum Gasteiger partial charge on any atom is -0.339 e. The molecule has 0 aliphatic carbocycles. The van der Waals surface area contributed by atoms with Gasteiger partial charge in [-0.25, -0.2) is 8.51 Å². The molecule has 1 aliphatic rings. The second-order valence-corrected chi connectivity index (χ2v) is 5.99. The predicted molar refractivity (Wildman–Crippen MR) is 75.5 cm³/mol. The van der Waals surface area contributed by atoms with E-state index in [1.165, 1.54) is 4.68 Å². The van der Waals surface area contributed by atoms with Crippen LogP contribution in [0.4, 0.5) is 0 Å². The second kappa shape index (κ2) is 5.75. The maximum atomic E-state index is 12.3. The summed E-state index contributed by atoms with van der Waals surface area (Å²) in [5.74, 6) is 5.78. The molecule has 1 fully saturated rings. The fraction of sp³-hybridized carbons (Fsp3) is 0.583. The Morgan fingerprint density at radius 3 is 2.47 bits per heavy atom. The first-order chi connectivity index (χ1) is 9.02. The Hall–Kier alpha value is -1.34. The third kappa shape index (κ3) is 2.98. The lowest BCUT2D eigenvalue weighted by molar-refractivity contribution is 0.0701. The molecule has 2 heterocycles. The molecule has 1 aromatic rings. The Morgan fingerprint density at radius 2 is 2.00 bits per heavy atom. The van der Waals surface area contributed by atoms with Gasteiger partial charge in [0.1, 0.15) is 0 Å². The number of aryl methyl sites for hydroxylation is 1. The Kier molecular flexibility index (Phi) is 4.26. The van der Waals surface area contributed by atoms with Gasteiger partial charge in [0, 0.05) is 44.3 Å². The van der Waals surface area contributed by atoms with Gasteiger partial charge >= 0.3 is 0 Å². The SMILES string of the molecule is CCc1cc(C(=O)N2CCN(S(C)=O)CC2)cn1N. The van der Waals surface area contributed by atoms with Crippen molar-refractivity contribution in [3.63, 3.8) is 0 Å². The molecule has 1 unspecified atom stereocenters. The number of nitrogens with zero attached hydrogens (tertiary/aromatic N) is 3. The molecule has 19 heavy (non-hydrogen) atoms. The minimum atomic E-state index is -0.954. The van der Waals surface area contributed by atoms with Crippen LogP contribution in [0.2, 0.25) is 0 Å². The molecule has 1 atom stereocenters. The van der Waals surface area contributed by atoms with Gasteiger partial charge in [-0.1, -0.05) is 6.92 Å². The standard InChI is InChI=1S/C12H20N4O2S/c1-3-11-8-10(9-16(11)13)12(17)14-4-6-15(7-5-14)19(2)18/h8-9H,3-7,13H2,1-2H3. The van der Waals surface area contributed by atoms with Crippen LogP contribution in [0.1, 0.15) is 23.0 Å². The highest BCUT2D eigenvalue weighted by Crippen LogP contribution is 2.12. The average molecular weight is 284 g/mol. The van der Waals surface area contributed by atoms with E-state index in [4.69, 9.17) is 5.84 Å². The van der Waals surface area contributed by atoms with E-state index in [1.807, 2.05) is 17.3 Å². The van der Waals surface area contributed by atoms with Crippen LogP contribution in [-0.2, 0) is 17.4 Å². The van der Waals surface area contributed by atoms with E-state index >= 15 is 0 Å². The van der Waals surface area contributed by atoms with Crippen molar-refractivity contribution in [2.75, 3.05) is 38.3 Å². The quantitative estimate of drug-likeness (QED) is 0.782. The van der Waals surface area contributed by atoms with E-state index in [0.29, 0.717) is 31.7 Å². The highest BCUT2D eigenvalue weighted by Gasteiger charge is 2.24. The normalized spacial score (nSPS) is 18.5. The van der Waals surface area contributed by atoms with Crippen LogP contribution in [0, 0.1) is 0 Å². The Labute approximate surface area is 115 Å². The highest BCUT2D eigenvalue weighted by molar-refractivity contribution is 7.81. The predicted octanol–water partition coefficient (Wildman–Crippen LogP) is -0.184. The molecule has 2 rings (SSSR count).